The predicted octanol–water partition coefficient (Wildman–Crippen LogP) is 3.83. The molecule has 0 fully saturated rings. The molecule has 1 aromatic carbocycles. The third-order valence-electron chi connectivity index (χ3n) is 4.11. The quantitative estimate of drug-likeness (QED) is 0.627. The normalized spacial score (nSPS) is 12.4. The van der Waals surface area contributed by atoms with Crippen molar-refractivity contribution >= 4 is 5.91 Å². The fraction of sp³-hybridized carbons (Fsp3) is 0.250. The lowest BCUT2D eigenvalue weighted by molar-refractivity contribution is -0.153. The largest absolute Gasteiger partial charge is 0.483 e. The standard InChI is InChI=1S/C20H19F3N4O2/c1-13(17-7-6-16(11-24-17)29-12-20(21,22)23)26-19(28)10-14-2-4-15(5-3-14)18-8-9-25-27-18/h2-9,11,13H,10,12H2,1H3,(H,25,27)(H,26,28)/t13-/m1/s1. The van der Waals surface area contributed by atoms with Gasteiger partial charge < -0.3 is 10.1 Å². The zero-order valence-electron chi connectivity index (χ0n) is 15.5. The van der Waals surface area contributed by atoms with E-state index in [9.17, 15) is 18.0 Å². The van der Waals surface area contributed by atoms with Crippen LogP contribution in [-0.2, 0) is 11.2 Å². The lowest BCUT2D eigenvalue weighted by atomic mass is 10.1. The van der Waals surface area contributed by atoms with Gasteiger partial charge >= 0.3 is 6.18 Å². The van der Waals surface area contributed by atoms with Gasteiger partial charge in [-0.15, -0.1) is 0 Å². The predicted molar refractivity (Wildman–Crippen MR) is 100 cm³/mol. The van der Waals surface area contributed by atoms with Gasteiger partial charge in [-0.25, -0.2) is 0 Å². The minimum atomic E-state index is -4.41. The number of alkyl halides is 3. The average molecular weight is 404 g/mol. The topological polar surface area (TPSA) is 79.9 Å². The van der Waals surface area contributed by atoms with Crippen molar-refractivity contribution in [1.82, 2.24) is 20.5 Å². The highest BCUT2D eigenvalue weighted by Gasteiger charge is 2.28. The van der Waals surface area contributed by atoms with Crippen LogP contribution in [0.3, 0.4) is 0 Å². The first-order valence-corrected chi connectivity index (χ1v) is 8.84. The molecule has 3 aromatic rings. The van der Waals surface area contributed by atoms with Crippen molar-refractivity contribution in [2.75, 3.05) is 6.61 Å². The van der Waals surface area contributed by atoms with Gasteiger partial charge in [-0.05, 0) is 36.2 Å². The molecule has 0 spiro atoms. The number of nitrogens with zero attached hydrogens (tertiary/aromatic N) is 2. The second-order valence-electron chi connectivity index (χ2n) is 6.46. The summed E-state index contributed by atoms with van der Waals surface area (Å²) in [6.07, 6.45) is -1.34. The molecule has 0 aliphatic rings. The van der Waals surface area contributed by atoms with Gasteiger partial charge in [-0.1, -0.05) is 24.3 Å². The number of amides is 1. The Morgan fingerprint density at radius 3 is 2.52 bits per heavy atom. The first-order valence-electron chi connectivity index (χ1n) is 8.84. The summed E-state index contributed by atoms with van der Waals surface area (Å²) in [5, 5.41) is 9.60. The molecule has 1 amide bonds. The van der Waals surface area contributed by atoms with Crippen LogP contribution < -0.4 is 10.1 Å². The Morgan fingerprint density at radius 1 is 1.17 bits per heavy atom. The Hall–Kier alpha value is -3.36. The Labute approximate surface area is 165 Å². The van der Waals surface area contributed by atoms with E-state index in [1.54, 1.807) is 13.1 Å². The number of benzene rings is 1. The van der Waals surface area contributed by atoms with Gasteiger partial charge in [-0.3, -0.25) is 14.9 Å². The van der Waals surface area contributed by atoms with Gasteiger partial charge in [0.15, 0.2) is 6.61 Å². The van der Waals surface area contributed by atoms with E-state index < -0.39 is 18.8 Å². The van der Waals surface area contributed by atoms with Gasteiger partial charge in [-0.2, -0.15) is 18.3 Å². The molecule has 0 radical (unpaired) electrons. The van der Waals surface area contributed by atoms with E-state index in [2.05, 4.69) is 25.2 Å². The van der Waals surface area contributed by atoms with Crippen LogP contribution >= 0.6 is 0 Å². The highest BCUT2D eigenvalue weighted by molar-refractivity contribution is 5.79. The van der Waals surface area contributed by atoms with Crippen molar-refractivity contribution in [1.29, 1.82) is 0 Å². The first kappa shape index (κ1) is 20.4. The highest BCUT2D eigenvalue weighted by Crippen LogP contribution is 2.20. The van der Waals surface area contributed by atoms with Crippen molar-refractivity contribution in [3.63, 3.8) is 0 Å². The summed E-state index contributed by atoms with van der Waals surface area (Å²) in [5.41, 5.74) is 3.23. The molecule has 3 rings (SSSR count). The van der Waals surface area contributed by atoms with E-state index in [1.165, 1.54) is 18.3 Å². The Kier molecular flexibility index (Phi) is 6.16. The second kappa shape index (κ2) is 8.76. The molecular formula is C20H19F3N4O2. The van der Waals surface area contributed by atoms with Crippen LogP contribution in [0, 0.1) is 0 Å². The van der Waals surface area contributed by atoms with Crippen LogP contribution in [0.5, 0.6) is 5.75 Å². The number of nitrogens with one attached hydrogen (secondary N) is 2. The lowest BCUT2D eigenvalue weighted by Gasteiger charge is -2.14. The second-order valence-corrected chi connectivity index (χ2v) is 6.46. The van der Waals surface area contributed by atoms with Crippen LogP contribution in [0.25, 0.3) is 11.3 Å². The van der Waals surface area contributed by atoms with E-state index in [4.69, 9.17) is 0 Å². The summed E-state index contributed by atoms with van der Waals surface area (Å²) in [5.74, 6) is -0.173. The summed E-state index contributed by atoms with van der Waals surface area (Å²) < 4.78 is 41.1. The molecule has 0 aliphatic heterocycles. The number of halogens is 3. The molecule has 6 nitrogen and oxygen atoms in total. The molecule has 0 saturated heterocycles. The maximum absolute atomic E-state index is 12.3. The minimum absolute atomic E-state index is 0.0157. The summed E-state index contributed by atoms with van der Waals surface area (Å²) in [4.78, 5) is 16.3. The molecule has 9 heteroatoms. The molecular weight excluding hydrogens is 385 g/mol. The molecule has 0 saturated carbocycles. The molecule has 2 aromatic heterocycles. The number of aromatic nitrogens is 3. The number of carbonyl (C=O) groups excluding carboxylic acids is 1. The molecule has 1 atom stereocenters. The van der Waals surface area contributed by atoms with Gasteiger partial charge in [0.2, 0.25) is 5.91 Å². The fourth-order valence-electron chi connectivity index (χ4n) is 2.67. The van der Waals surface area contributed by atoms with Crippen LogP contribution in [0.2, 0.25) is 0 Å². The highest BCUT2D eigenvalue weighted by atomic mass is 19.4. The zero-order valence-corrected chi connectivity index (χ0v) is 15.5. The summed E-state index contributed by atoms with van der Waals surface area (Å²) >= 11 is 0. The van der Waals surface area contributed by atoms with Crippen molar-refractivity contribution < 1.29 is 22.7 Å². The molecule has 0 aliphatic carbocycles. The van der Waals surface area contributed by atoms with Crippen LogP contribution in [0.15, 0.2) is 54.9 Å². The molecule has 152 valence electrons. The van der Waals surface area contributed by atoms with Gasteiger partial charge in [0.05, 0.1) is 30.0 Å². The van der Waals surface area contributed by atoms with Crippen molar-refractivity contribution in [3.05, 3.63) is 66.1 Å². The lowest BCUT2D eigenvalue weighted by Crippen LogP contribution is -2.28. The molecule has 0 unspecified atom stereocenters. The van der Waals surface area contributed by atoms with Gasteiger partial charge in [0.1, 0.15) is 5.75 Å². The number of pyridine rings is 1. The Morgan fingerprint density at radius 2 is 1.93 bits per heavy atom. The van der Waals surface area contributed by atoms with Crippen LogP contribution in [-0.4, -0.2) is 33.9 Å². The zero-order chi connectivity index (χ0) is 20.9. The van der Waals surface area contributed by atoms with Gasteiger partial charge in [0, 0.05) is 6.20 Å². The molecule has 0 bridgehead atoms. The van der Waals surface area contributed by atoms with Crippen molar-refractivity contribution in [2.24, 2.45) is 0 Å². The smallest absolute Gasteiger partial charge is 0.422 e. The number of ether oxygens (including phenoxy) is 1. The van der Waals surface area contributed by atoms with E-state index in [1.807, 2.05) is 30.3 Å². The summed E-state index contributed by atoms with van der Waals surface area (Å²) in [7, 11) is 0. The number of H-pyrrole nitrogens is 1. The molecule has 29 heavy (non-hydrogen) atoms. The van der Waals surface area contributed by atoms with Crippen molar-refractivity contribution in [2.45, 2.75) is 25.6 Å². The SMILES string of the molecule is C[C@@H](NC(=O)Cc1ccc(-c2ccn[nH]2)cc1)c1ccc(OCC(F)(F)F)cn1. The maximum atomic E-state index is 12.3. The van der Waals surface area contributed by atoms with Crippen LogP contribution in [0.1, 0.15) is 24.2 Å². The molecule has 2 heterocycles. The minimum Gasteiger partial charge on any atom is -0.483 e. The molecule has 2 N–H and O–H groups in total. The third kappa shape index (κ3) is 6.06. The van der Waals surface area contributed by atoms with E-state index >= 15 is 0 Å². The van der Waals surface area contributed by atoms with E-state index in [-0.39, 0.29) is 18.1 Å². The van der Waals surface area contributed by atoms with Crippen LogP contribution in [0.4, 0.5) is 13.2 Å². The number of hydrogen-bond acceptors (Lipinski definition) is 4. The maximum Gasteiger partial charge on any atom is 0.422 e. The number of rotatable bonds is 7. The Balaban J connectivity index is 1.52. The van der Waals surface area contributed by atoms with Crippen molar-refractivity contribution in [3.8, 4) is 17.0 Å². The summed E-state index contributed by atoms with van der Waals surface area (Å²) in [6, 6.07) is 11.9. The first-order chi connectivity index (χ1) is 13.8. The Bertz CT molecular complexity index is 924. The number of hydrogen-bond donors (Lipinski definition) is 2. The van der Waals surface area contributed by atoms with Gasteiger partial charge in [0.25, 0.3) is 0 Å². The van der Waals surface area contributed by atoms with E-state index in [0.29, 0.717) is 5.69 Å². The number of carbonyl (C=O) groups is 1. The van der Waals surface area contributed by atoms with E-state index in [0.717, 1.165) is 16.8 Å². The number of aromatic amines is 1. The fourth-order valence-corrected chi connectivity index (χ4v) is 2.67. The average Bonchev–Trinajstić information content (AvgIpc) is 3.21. The summed E-state index contributed by atoms with van der Waals surface area (Å²) in [6.45, 7) is 0.372. The third-order valence-corrected chi connectivity index (χ3v) is 4.11. The monoisotopic (exact) mass is 404 g/mol.